The molecule has 4 aliphatic rings. The van der Waals surface area contributed by atoms with Crippen LogP contribution in [0.2, 0.25) is 0 Å². The SMILES string of the molecule is Cc1cc(NC2C3CC4C(C3)C42CO)nc2cc(O)ccc12. The van der Waals surface area contributed by atoms with E-state index >= 15 is 0 Å². The zero-order valence-electron chi connectivity index (χ0n) is 12.6. The van der Waals surface area contributed by atoms with Gasteiger partial charge in [0.15, 0.2) is 0 Å². The Balaban J connectivity index is 1.53. The lowest BCUT2D eigenvalue weighted by molar-refractivity contribution is 0.194. The number of pyridine rings is 1. The van der Waals surface area contributed by atoms with Gasteiger partial charge in [0, 0.05) is 22.9 Å². The van der Waals surface area contributed by atoms with Crippen LogP contribution in [-0.4, -0.2) is 27.8 Å². The summed E-state index contributed by atoms with van der Waals surface area (Å²) in [5.41, 5.74) is 2.09. The van der Waals surface area contributed by atoms with Crippen LogP contribution in [0.4, 0.5) is 5.82 Å². The Labute approximate surface area is 129 Å². The standard InChI is InChI=1S/C18H20N2O2/c1-9-4-16(19-15-7-11(22)2-3-12(9)15)20-17-10-5-13-14(6-10)18(13,17)8-21/h2-4,7,10,13-14,17,21-22H,5-6,8H2,1H3,(H,19,20). The molecule has 0 saturated heterocycles. The molecule has 0 radical (unpaired) electrons. The number of hydrogen-bond acceptors (Lipinski definition) is 4. The zero-order chi connectivity index (χ0) is 15.1. The number of phenols is 1. The number of nitrogens with zero attached hydrogens (tertiary/aromatic N) is 1. The van der Waals surface area contributed by atoms with E-state index in [-0.39, 0.29) is 11.2 Å². The third kappa shape index (κ3) is 1.39. The van der Waals surface area contributed by atoms with E-state index in [1.54, 1.807) is 12.1 Å². The first-order valence-electron chi connectivity index (χ1n) is 8.11. The Hall–Kier alpha value is -1.81. The average molecular weight is 296 g/mol. The summed E-state index contributed by atoms with van der Waals surface area (Å²) in [6, 6.07) is 7.76. The first kappa shape index (κ1) is 12.7. The van der Waals surface area contributed by atoms with Gasteiger partial charge in [0.1, 0.15) is 11.6 Å². The van der Waals surface area contributed by atoms with Crippen molar-refractivity contribution in [3.8, 4) is 5.75 Å². The molecule has 3 N–H and O–H groups in total. The maximum Gasteiger partial charge on any atom is 0.127 e. The van der Waals surface area contributed by atoms with Crippen molar-refractivity contribution in [3.05, 3.63) is 29.8 Å². The minimum absolute atomic E-state index is 0.119. The third-order valence-electron chi connectivity index (χ3n) is 6.50. The monoisotopic (exact) mass is 296 g/mol. The molecule has 22 heavy (non-hydrogen) atoms. The van der Waals surface area contributed by atoms with Crippen molar-refractivity contribution in [2.45, 2.75) is 25.8 Å². The lowest BCUT2D eigenvalue weighted by Crippen LogP contribution is -2.33. The summed E-state index contributed by atoms with van der Waals surface area (Å²) < 4.78 is 0. The van der Waals surface area contributed by atoms with Gasteiger partial charge in [0.25, 0.3) is 0 Å². The van der Waals surface area contributed by atoms with Crippen molar-refractivity contribution < 1.29 is 10.2 Å². The molecule has 0 aliphatic heterocycles. The highest BCUT2D eigenvalue weighted by Gasteiger charge is 2.79. The van der Waals surface area contributed by atoms with E-state index in [1.165, 1.54) is 12.8 Å². The highest BCUT2D eigenvalue weighted by molar-refractivity contribution is 5.85. The van der Waals surface area contributed by atoms with Crippen LogP contribution in [0.3, 0.4) is 0 Å². The molecule has 4 heteroatoms. The predicted molar refractivity (Wildman–Crippen MR) is 84.8 cm³/mol. The number of hydrogen-bond donors (Lipinski definition) is 3. The van der Waals surface area contributed by atoms with Crippen LogP contribution in [0.5, 0.6) is 5.75 Å². The molecule has 4 bridgehead atoms. The van der Waals surface area contributed by atoms with Crippen LogP contribution in [0.15, 0.2) is 24.3 Å². The van der Waals surface area contributed by atoms with Crippen LogP contribution in [0.1, 0.15) is 18.4 Å². The smallest absolute Gasteiger partial charge is 0.127 e. The number of rotatable bonds is 3. The zero-order valence-corrected chi connectivity index (χ0v) is 12.6. The fourth-order valence-corrected chi connectivity index (χ4v) is 5.53. The Bertz CT molecular complexity index is 776. The van der Waals surface area contributed by atoms with Gasteiger partial charge < -0.3 is 15.5 Å². The van der Waals surface area contributed by atoms with E-state index in [1.807, 2.05) is 6.07 Å². The van der Waals surface area contributed by atoms with Crippen molar-refractivity contribution in [3.63, 3.8) is 0 Å². The van der Waals surface area contributed by atoms with Crippen LogP contribution >= 0.6 is 0 Å². The molecule has 1 aromatic heterocycles. The maximum absolute atomic E-state index is 9.88. The molecule has 4 aliphatic carbocycles. The summed E-state index contributed by atoms with van der Waals surface area (Å²) in [4.78, 5) is 4.68. The maximum atomic E-state index is 9.88. The van der Waals surface area contributed by atoms with E-state index in [0.717, 1.165) is 34.1 Å². The molecule has 2 aromatic rings. The number of benzene rings is 1. The van der Waals surface area contributed by atoms with E-state index in [9.17, 15) is 10.2 Å². The number of fused-ring (bicyclic) bond motifs is 1. The van der Waals surface area contributed by atoms with E-state index in [2.05, 4.69) is 23.3 Å². The summed E-state index contributed by atoms with van der Waals surface area (Å²) in [7, 11) is 0. The molecule has 0 amide bonds. The number of aliphatic hydroxyl groups excluding tert-OH is 1. The summed E-state index contributed by atoms with van der Waals surface area (Å²) in [6.07, 6.45) is 2.52. The average Bonchev–Trinajstić information content (AvgIpc) is 2.85. The molecule has 3 unspecified atom stereocenters. The predicted octanol–water partition coefficient (Wildman–Crippen LogP) is 2.68. The molecule has 114 valence electrons. The number of aryl methyl sites for hydroxylation is 1. The highest BCUT2D eigenvalue weighted by atomic mass is 16.3. The fraction of sp³-hybridized carbons (Fsp3) is 0.500. The Morgan fingerprint density at radius 3 is 2.77 bits per heavy atom. The molecule has 6 rings (SSSR count). The van der Waals surface area contributed by atoms with Crippen molar-refractivity contribution in [2.24, 2.45) is 23.2 Å². The van der Waals surface area contributed by atoms with Crippen LogP contribution < -0.4 is 5.32 Å². The molecular weight excluding hydrogens is 276 g/mol. The molecule has 1 heterocycles. The van der Waals surface area contributed by atoms with Gasteiger partial charge in [-0.25, -0.2) is 4.98 Å². The van der Waals surface area contributed by atoms with E-state index in [0.29, 0.717) is 18.6 Å². The van der Waals surface area contributed by atoms with Gasteiger partial charge in [-0.15, -0.1) is 0 Å². The Morgan fingerprint density at radius 1 is 1.27 bits per heavy atom. The Morgan fingerprint density at radius 2 is 2.05 bits per heavy atom. The molecule has 4 saturated carbocycles. The number of phenolic OH excluding ortho intramolecular Hbond substituents is 1. The van der Waals surface area contributed by atoms with Gasteiger partial charge in [-0.1, -0.05) is 0 Å². The lowest BCUT2D eigenvalue weighted by Gasteiger charge is -2.24. The number of aliphatic hydroxyl groups is 1. The minimum Gasteiger partial charge on any atom is -0.508 e. The molecule has 1 aromatic carbocycles. The molecule has 3 atom stereocenters. The second kappa shape index (κ2) is 3.93. The molecule has 4 nitrogen and oxygen atoms in total. The van der Waals surface area contributed by atoms with Crippen molar-refractivity contribution in [1.29, 1.82) is 0 Å². The quantitative estimate of drug-likeness (QED) is 0.815. The van der Waals surface area contributed by atoms with Crippen molar-refractivity contribution >= 4 is 16.7 Å². The van der Waals surface area contributed by atoms with Crippen molar-refractivity contribution in [2.75, 3.05) is 11.9 Å². The lowest BCUT2D eigenvalue weighted by atomic mass is 9.98. The first-order chi connectivity index (χ1) is 10.6. The topological polar surface area (TPSA) is 65.4 Å². The summed E-state index contributed by atoms with van der Waals surface area (Å²) in [5.74, 6) is 3.25. The number of anilines is 1. The number of nitrogens with one attached hydrogen (secondary N) is 1. The van der Waals surface area contributed by atoms with Crippen LogP contribution in [-0.2, 0) is 0 Å². The normalized spacial score (nSPS) is 37.7. The Kier molecular flexibility index (Phi) is 2.27. The van der Waals surface area contributed by atoms with Gasteiger partial charge in [-0.2, -0.15) is 0 Å². The summed E-state index contributed by atoms with van der Waals surface area (Å²) >= 11 is 0. The van der Waals surface area contributed by atoms with Gasteiger partial charge in [0.2, 0.25) is 0 Å². The van der Waals surface area contributed by atoms with Crippen molar-refractivity contribution in [1.82, 2.24) is 4.98 Å². The molecular formula is C18H20N2O2. The van der Waals surface area contributed by atoms with Gasteiger partial charge in [-0.3, -0.25) is 0 Å². The first-order valence-corrected chi connectivity index (χ1v) is 8.11. The van der Waals surface area contributed by atoms with Gasteiger partial charge in [-0.05, 0) is 61.3 Å². The van der Waals surface area contributed by atoms with Gasteiger partial charge >= 0.3 is 0 Å². The molecule has 4 fully saturated rings. The fourth-order valence-electron chi connectivity index (χ4n) is 5.53. The van der Waals surface area contributed by atoms with Crippen LogP contribution in [0, 0.1) is 30.1 Å². The second-order valence-electron chi connectivity index (χ2n) is 7.36. The number of aromatic hydroxyl groups is 1. The largest absolute Gasteiger partial charge is 0.508 e. The highest BCUT2D eigenvalue weighted by Crippen LogP contribution is 2.79. The third-order valence-corrected chi connectivity index (χ3v) is 6.50. The number of aromatic nitrogens is 1. The molecule has 0 spiro atoms. The summed E-state index contributed by atoms with van der Waals surface area (Å²) in [5, 5.41) is 24.2. The van der Waals surface area contributed by atoms with E-state index in [4.69, 9.17) is 0 Å². The van der Waals surface area contributed by atoms with E-state index < -0.39 is 0 Å². The second-order valence-corrected chi connectivity index (χ2v) is 7.36. The van der Waals surface area contributed by atoms with Gasteiger partial charge in [0.05, 0.1) is 12.1 Å². The summed E-state index contributed by atoms with van der Waals surface area (Å²) in [6.45, 7) is 2.37. The van der Waals surface area contributed by atoms with Crippen LogP contribution in [0.25, 0.3) is 10.9 Å². The minimum atomic E-state index is 0.119.